The quantitative estimate of drug-likeness (QED) is 0.699. The van der Waals surface area contributed by atoms with E-state index in [4.69, 9.17) is 0 Å². The van der Waals surface area contributed by atoms with Crippen LogP contribution < -0.4 is 4.31 Å². The Morgan fingerprint density at radius 3 is 2.07 bits per heavy atom. The zero-order valence-corrected chi connectivity index (χ0v) is 15.2. The van der Waals surface area contributed by atoms with Gasteiger partial charge in [-0.15, -0.1) is 0 Å². The Balaban J connectivity index is 1.79. The molecule has 0 fully saturated rings. The van der Waals surface area contributed by atoms with E-state index in [0.717, 1.165) is 15.4 Å². The average molecular weight is 379 g/mol. The maximum atomic E-state index is 13.3. The van der Waals surface area contributed by atoms with E-state index in [1.807, 2.05) is 18.2 Å². The number of hydrogen-bond acceptors (Lipinski definition) is 4. The predicted molar refractivity (Wildman–Crippen MR) is 102 cm³/mol. The molecule has 1 aliphatic heterocycles. The molecule has 3 aromatic rings. The average Bonchev–Trinajstić information content (AvgIpc) is 2.70. The van der Waals surface area contributed by atoms with Crippen LogP contribution in [0.5, 0.6) is 0 Å². The topological polar surface area (TPSA) is 70.6 Å². The maximum absolute atomic E-state index is 13.3. The summed E-state index contributed by atoms with van der Waals surface area (Å²) in [6.45, 7) is 0.115. The molecule has 136 valence electrons. The molecule has 0 unspecified atom stereocenters. The number of pyridine rings is 1. The normalized spacial score (nSPS) is 15.5. The SMILES string of the molecule is O=C1c2ccccc2N(Cc2ccncc2)S(=O)(=O)N1Cc1ccccc1. The molecular weight excluding hydrogens is 362 g/mol. The summed E-state index contributed by atoms with van der Waals surface area (Å²) in [6, 6.07) is 19.4. The van der Waals surface area contributed by atoms with E-state index in [2.05, 4.69) is 4.98 Å². The van der Waals surface area contributed by atoms with Gasteiger partial charge in [0.05, 0.1) is 24.3 Å². The Morgan fingerprint density at radius 1 is 0.741 bits per heavy atom. The van der Waals surface area contributed by atoms with E-state index in [-0.39, 0.29) is 13.1 Å². The molecule has 0 bridgehead atoms. The summed E-state index contributed by atoms with van der Waals surface area (Å²) in [5.74, 6) is -0.513. The summed E-state index contributed by atoms with van der Waals surface area (Å²) in [4.78, 5) is 16.9. The Kier molecular flexibility index (Phi) is 4.37. The number of anilines is 1. The lowest BCUT2D eigenvalue weighted by Gasteiger charge is -2.37. The zero-order chi connectivity index (χ0) is 18.9. The lowest BCUT2D eigenvalue weighted by molar-refractivity contribution is 0.0851. The van der Waals surface area contributed by atoms with Crippen LogP contribution in [0.2, 0.25) is 0 Å². The Morgan fingerprint density at radius 2 is 1.33 bits per heavy atom. The van der Waals surface area contributed by atoms with Gasteiger partial charge in [-0.1, -0.05) is 42.5 Å². The molecule has 6 nitrogen and oxygen atoms in total. The minimum Gasteiger partial charge on any atom is -0.268 e. The first-order chi connectivity index (χ1) is 13.1. The van der Waals surface area contributed by atoms with Gasteiger partial charge in [0.1, 0.15) is 0 Å². The number of nitrogens with zero attached hydrogens (tertiary/aromatic N) is 3. The number of carbonyl (C=O) groups excluding carboxylic acids is 1. The molecule has 0 spiro atoms. The lowest BCUT2D eigenvalue weighted by atomic mass is 10.1. The molecule has 0 N–H and O–H groups in total. The number of hydrogen-bond donors (Lipinski definition) is 0. The largest absolute Gasteiger partial charge is 0.329 e. The second-order valence-electron chi connectivity index (χ2n) is 6.18. The second kappa shape index (κ2) is 6.85. The Labute approximate surface area is 157 Å². The van der Waals surface area contributed by atoms with Gasteiger partial charge in [0.15, 0.2) is 0 Å². The van der Waals surface area contributed by atoms with E-state index >= 15 is 0 Å². The van der Waals surface area contributed by atoms with Crippen LogP contribution in [0.3, 0.4) is 0 Å². The van der Waals surface area contributed by atoms with Crippen molar-refractivity contribution in [3.63, 3.8) is 0 Å². The summed E-state index contributed by atoms with van der Waals surface area (Å²) < 4.78 is 28.8. The molecule has 7 heteroatoms. The van der Waals surface area contributed by atoms with Gasteiger partial charge in [0.25, 0.3) is 5.91 Å². The summed E-state index contributed by atoms with van der Waals surface area (Å²) in [7, 11) is -4.03. The van der Waals surface area contributed by atoms with E-state index in [9.17, 15) is 13.2 Å². The Hall–Kier alpha value is -3.19. The van der Waals surface area contributed by atoms with Gasteiger partial charge in [0.2, 0.25) is 0 Å². The van der Waals surface area contributed by atoms with Crippen LogP contribution in [0.15, 0.2) is 79.1 Å². The number of carbonyl (C=O) groups is 1. The van der Waals surface area contributed by atoms with Crippen molar-refractivity contribution >= 4 is 21.8 Å². The number of para-hydroxylation sites is 1. The Bertz CT molecular complexity index is 1070. The van der Waals surface area contributed by atoms with Crippen LogP contribution in [0.4, 0.5) is 5.69 Å². The zero-order valence-electron chi connectivity index (χ0n) is 14.4. The van der Waals surface area contributed by atoms with Gasteiger partial charge in [-0.2, -0.15) is 8.42 Å². The molecular formula is C20H17N3O3S. The third-order valence-corrected chi connectivity index (χ3v) is 6.17. The molecule has 4 rings (SSSR count). The van der Waals surface area contributed by atoms with Gasteiger partial charge >= 0.3 is 10.2 Å². The fourth-order valence-electron chi connectivity index (χ4n) is 3.08. The van der Waals surface area contributed by atoms with Crippen LogP contribution in [0.1, 0.15) is 21.5 Å². The minimum absolute atomic E-state index is 0.0107. The smallest absolute Gasteiger partial charge is 0.268 e. The third kappa shape index (κ3) is 3.17. The number of rotatable bonds is 4. The van der Waals surface area contributed by atoms with Crippen LogP contribution >= 0.6 is 0 Å². The molecule has 0 radical (unpaired) electrons. The molecule has 1 aliphatic rings. The molecule has 0 saturated carbocycles. The molecule has 27 heavy (non-hydrogen) atoms. The monoisotopic (exact) mass is 379 g/mol. The van der Waals surface area contributed by atoms with Crippen LogP contribution in [0.25, 0.3) is 0 Å². The fourth-order valence-corrected chi connectivity index (χ4v) is 4.66. The molecule has 1 amide bonds. The highest BCUT2D eigenvalue weighted by Gasteiger charge is 2.41. The van der Waals surface area contributed by atoms with Crippen LogP contribution in [-0.2, 0) is 23.3 Å². The first kappa shape index (κ1) is 17.2. The van der Waals surface area contributed by atoms with Gasteiger partial charge in [-0.25, -0.2) is 8.61 Å². The highest BCUT2D eigenvalue weighted by molar-refractivity contribution is 7.91. The summed E-state index contributed by atoms with van der Waals surface area (Å²) >= 11 is 0. The number of benzene rings is 2. The van der Waals surface area contributed by atoms with Gasteiger partial charge in [-0.05, 0) is 35.4 Å². The first-order valence-corrected chi connectivity index (χ1v) is 9.83. The summed E-state index contributed by atoms with van der Waals surface area (Å²) in [5.41, 5.74) is 2.30. The van der Waals surface area contributed by atoms with Gasteiger partial charge in [0, 0.05) is 12.4 Å². The summed E-state index contributed by atoms with van der Waals surface area (Å²) in [6.07, 6.45) is 3.23. The molecule has 0 atom stereocenters. The van der Waals surface area contributed by atoms with Crippen molar-refractivity contribution in [2.45, 2.75) is 13.1 Å². The molecule has 2 heterocycles. The lowest BCUT2D eigenvalue weighted by Crippen LogP contribution is -2.50. The van der Waals surface area contributed by atoms with E-state index in [0.29, 0.717) is 11.3 Å². The van der Waals surface area contributed by atoms with E-state index < -0.39 is 16.1 Å². The highest BCUT2D eigenvalue weighted by Crippen LogP contribution is 2.34. The van der Waals surface area contributed by atoms with E-state index in [1.165, 1.54) is 4.31 Å². The number of fused-ring (bicyclic) bond motifs is 1. The molecule has 2 aromatic carbocycles. The van der Waals surface area contributed by atoms with Crippen molar-refractivity contribution < 1.29 is 13.2 Å². The highest BCUT2D eigenvalue weighted by atomic mass is 32.2. The second-order valence-corrected chi connectivity index (χ2v) is 7.96. The molecule has 0 aliphatic carbocycles. The summed E-state index contributed by atoms with van der Waals surface area (Å²) in [5, 5.41) is 0. The number of amides is 1. The standard InChI is InChI=1S/C20H17N3O3S/c24-20-18-8-4-5-9-19(18)22(14-17-10-12-21-13-11-17)27(25,26)23(20)15-16-6-2-1-3-7-16/h1-13H,14-15H2. The van der Waals surface area contributed by atoms with E-state index in [1.54, 1.807) is 60.9 Å². The van der Waals surface area contributed by atoms with Crippen LogP contribution in [0, 0.1) is 0 Å². The number of aromatic nitrogens is 1. The maximum Gasteiger partial charge on any atom is 0.329 e. The van der Waals surface area contributed by atoms with Crippen molar-refractivity contribution in [1.29, 1.82) is 0 Å². The first-order valence-electron chi connectivity index (χ1n) is 8.44. The molecule has 1 aromatic heterocycles. The van der Waals surface area contributed by atoms with Crippen LogP contribution in [-0.4, -0.2) is 23.6 Å². The van der Waals surface area contributed by atoms with Gasteiger partial charge in [-0.3, -0.25) is 9.78 Å². The van der Waals surface area contributed by atoms with Crippen molar-refractivity contribution in [2.75, 3.05) is 4.31 Å². The molecule has 0 saturated heterocycles. The van der Waals surface area contributed by atoms with Crippen molar-refractivity contribution in [3.05, 3.63) is 95.8 Å². The van der Waals surface area contributed by atoms with Crippen molar-refractivity contribution in [1.82, 2.24) is 9.29 Å². The van der Waals surface area contributed by atoms with Gasteiger partial charge < -0.3 is 0 Å². The fraction of sp³-hybridized carbons (Fsp3) is 0.100. The van der Waals surface area contributed by atoms with Crippen molar-refractivity contribution in [3.8, 4) is 0 Å². The predicted octanol–water partition coefficient (Wildman–Crippen LogP) is 2.99. The minimum atomic E-state index is -4.03. The van der Waals surface area contributed by atoms with Crippen molar-refractivity contribution in [2.24, 2.45) is 0 Å². The third-order valence-electron chi connectivity index (χ3n) is 4.43.